The molecule has 100 valence electrons. The summed E-state index contributed by atoms with van der Waals surface area (Å²) in [5.74, 6) is -0.361. The van der Waals surface area contributed by atoms with E-state index in [9.17, 15) is 13.2 Å². The smallest absolute Gasteiger partial charge is 0.344 e. The van der Waals surface area contributed by atoms with Gasteiger partial charge in [-0.2, -0.15) is 22.5 Å². The molecular formula is C11H14F3N3S. The summed E-state index contributed by atoms with van der Waals surface area (Å²) >= 11 is 0.877. The molecule has 2 heterocycles. The lowest BCUT2D eigenvalue weighted by molar-refractivity contribution is -0.144. The van der Waals surface area contributed by atoms with Gasteiger partial charge < -0.3 is 4.90 Å². The van der Waals surface area contributed by atoms with Crippen LogP contribution < -0.4 is 4.90 Å². The zero-order valence-electron chi connectivity index (χ0n) is 9.78. The van der Waals surface area contributed by atoms with Gasteiger partial charge in [-0.15, -0.1) is 0 Å². The van der Waals surface area contributed by atoms with Gasteiger partial charge in [-0.1, -0.05) is 6.42 Å². The van der Waals surface area contributed by atoms with Gasteiger partial charge in [0.15, 0.2) is 0 Å². The van der Waals surface area contributed by atoms with Crippen LogP contribution in [0.2, 0.25) is 0 Å². The van der Waals surface area contributed by atoms with E-state index in [4.69, 9.17) is 0 Å². The van der Waals surface area contributed by atoms with E-state index in [2.05, 4.69) is 9.36 Å². The van der Waals surface area contributed by atoms with Crippen LogP contribution in [-0.2, 0) is 6.18 Å². The molecule has 2 fully saturated rings. The Labute approximate surface area is 107 Å². The van der Waals surface area contributed by atoms with Crippen molar-refractivity contribution in [2.75, 3.05) is 11.4 Å². The van der Waals surface area contributed by atoms with Gasteiger partial charge >= 0.3 is 6.18 Å². The van der Waals surface area contributed by atoms with E-state index in [-0.39, 0.29) is 0 Å². The summed E-state index contributed by atoms with van der Waals surface area (Å²) in [5, 5.41) is 0.443. The largest absolute Gasteiger partial charge is 0.452 e. The van der Waals surface area contributed by atoms with Gasteiger partial charge in [0.25, 0.3) is 0 Å². The second kappa shape index (κ2) is 4.36. The number of nitrogens with zero attached hydrogens (tertiary/aromatic N) is 3. The van der Waals surface area contributed by atoms with Crippen molar-refractivity contribution >= 4 is 16.7 Å². The molecule has 2 atom stereocenters. The number of alkyl halides is 3. The Balaban J connectivity index is 1.83. The van der Waals surface area contributed by atoms with E-state index in [1.54, 1.807) is 0 Å². The Morgan fingerprint density at radius 2 is 1.94 bits per heavy atom. The average molecular weight is 277 g/mol. The summed E-state index contributed by atoms with van der Waals surface area (Å²) in [5.41, 5.74) is 0. The van der Waals surface area contributed by atoms with E-state index >= 15 is 0 Å². The number of hydrogen-bond donors (Lipinski definition) is 0. The number of aromatic nitrogens is 2. The predicted octanol–water partition coefficient (Wildman–Crippen LogP) is 3.33. The molecule has 0 unspecified atom stereocenters. The minimum absolute atomic E-state index is 0.382. The Morgan fingerprint density at radius 3 is 2.67 bits per heavy atom. The molecule has 2 aliphatic rings. The van der Waals surface area contributed by atoms with E-state index in [1.807, 2.05) is 4.90 Å². The molecule has 0 amide bonds. The molecule has 0 aromatic carbocycles. The summed E-state index contributed by atoms with van der Waals surface area (Å²) < 4.78 is 40.9. The Bertz CT molecular complexity index is 431. The first-order valence-electron chi connectivity index (χ1n) is 6.23. The van der Waals surface area contributed by atoms with E-state index in [0.29, 0.717) is 17.1 Å². The van der Waals surface area contributed by atoms with Crippen LogP contribution in [0.25, 0.3) is 0 Å². The molecule has 1 aliphatic carbocycles. The molecule has 1 aromatic heterocycles. The average Bonchev–Trinajstić information content (AvgIpc) is 2.96. The van der Waals surface area contributed by atoms with Crippen LogP contribution in [0.1, 0.15) is 37.9 Å². The molecule has 1 saturated carbocycles. The normalized spacial score (nSPS) is 28.5. The fourth-order valence-electron chi connectivity index (χ4n) is 3.14. The monoisotopic (exact) mass is 277 g/mol. The molecule has 3 nitrogen and oxygen atoms in total. The molecular weight excluding hydrogens is 263 g/mol. The Morgan fingerprint density at radius 1 is 1.17 bits per heavy atom. The highest BCUT2D eigenvalue weighted by Crippen LogP contribution is 2.40. The first-order chi connectivity index (χ1) is 8.55. The van der Waals surface area contributed by atoms with Gasteiger partial charge in [-0.25, -0.2) is 0 Å². The maximum absolute atomic E-state index is 12.5. The Hall–Kier alpha value is -0.850. The van der Waals surface area contributed by atoms with Crippen molar-refractivity contribution < 1.29 is 13.2 Å². The van der Waals surface area contributed by atoms with Gasteiger partial charge in [-0.3, -0.25) is 0 Å². The summed E-state index contributed by atoms with van der Waals surface area (Å²) in [6, 6.07) is 0.382. The van der Waals surface area contributed by atoms with E-state index < -0.39 is 12.0 Å². The van der Waals surface area contributed by atoms with Gasteiger partial charge in [0.1, 0.15) is 0 Å². The maximum atomic E-state index is 12.5. The predicted molar refractivity (Wildman–Crippen MR) is 62.6 cm³/mol. The third-order valence-corrected chi connectivity index (χ3v) is 4.66. The zero-order chi connectivity index (χ0) is 12.8. The minimum Gasteiger partial charge on any atom is -0.344 e. The van der Waals surface area contributed by atoms with Crippen LogP contribution in [0.5, 0.6) is 0 Å². The fraction of sp³-hybridized carbons (Fsp3) is 0.818. The van der Waals surface area contributed by atoms with Crippen molar-refractivity contribution in [2.24, 2.45) is 5.92 Å². The minimum atomic E-state index is -4.43. The van der Waals surface area contributed by atoms with Gasteiger partial charge in [0.2, 0.25) is 11.0 Å². The highest BCUT2D eigenvalue weighted by atomic mass is 32.1. The van der Waals surface area contributed by atoms with Crippen LogP contribution in [0.15, 0.2) is 0 Å². The summed E-state index contributed by atoms with van der Waals surface area (Å²) in [6.07, 6.45) is 1.27. The number of piperidine rings is 1. The van der Waals surface area contributed by atoms with Crippen LogP contribution in [-0.4, -0.2) is 21.9 Å². The summed E-state index contributed by atoms with van der Waals surface area (Å²) in [7, 11) is 0. The molecule has 1 aromatic rings. The lowest BCUT2D eigenvalue weighted by Crippen LogP contribution is -2.42. The quantitative estimate of drug-likeness (QED) is 0.788. The molecule has 1 aliphatic heterocycles. The first kappa shape index (κ1) is 12.2. The van der Waals surface area contributed by atoms with Crippen LogP contribution in [0.4, 0.5) is 18.3 Å². The highest BCUT2D eigenvalue weighted by molar-refractivity contribution is 7.09. The third kappa shape index (κ3) is 2.08. The Kier molecular flexibility index (Phi) is 2.96. The topological polar surface area (TPSA) is 29.0 Å². The molecule has 3 rings (SSSR count). The van der Waals surface area contributed by atoms with Crippen LogP contribution >= 0.6 is 11.5 Å². The SMILES string of the molecule is FC(F)(F)c1nsc(N2CCC[C@H]3CCC[C@@H]32)n1. The van der Waals surface area contributed by atoms with Crippen LogP contribution in [0.3, 0.4) is 0 Å². The van der Waals surface area contributed by atoms with Crippen LogP contribution in [0, 0.1) is 5.92 Å². The van der Waals surface area contributed by atoms with Gasteiger partial charge in [-0.05, 0) is 31.6 Å². The molecule has 18 heavy (non-hydrogen) atoms. The third-order valence-electron chi connectivity index (χ3n) is 3.91. The molecule has 0 radical (unpaired) electrons. The molecule has 7 heteroatoms. The second-order valence-electron chi connectivity index (χ2n) is 4.99. The highest BCUT2D eigenvalue weighted by Gasteiger charge is 2.40. The maximum Gasteiger partial charge on any atom is 0.452 e. The van der Waals surface area contributed by atoms with Gasteiger partial charge in [0, 0.05) is 24.1 Å². The lowest BCUT2D eigenvalue weighted by atomic mass is 9.92. The second-order valence-corrected chi connectivity index (χ2v) is 5.72. The van der Waals surface area contributed by atoms with Crippen molar-refractivity contribution in [3.63, 3.8) is 0 Å². The summed E-state index contributed by atoms with van der Waals surface area (Å²) in [4.78, 5) is 5.72. The van der Waals surface area contributed by atoms with Crippen molar-refractivity contribution in [1.82, 2.24) is 9.36 Å². The molecule has 0 spiro atoms. The van der Waals surface area contributed by atoms with E-state index in [1.165, 1.54) is 19.3 Å². The number of rotatable bonds is 1. The first-order valence-corrected chi connectivity index (χ1v) is 7.00. The van der Waals surface area contributed by atoms with E-state index in [0.717, 1.165) is 30.9 Å². The fourth-order valence-corrected chi connectivity index (χ4v) is 3.91. The lowest BCUT2D eigenvalue weighted by Gasteiger charge is -2.37. The van der Waals surface area contributed by atoms with Gasteiger partial charge in [0.05, 0.1) is 0 Å². The van der Waals surface area contributed by atoms with Crippen molar-refractivity contribution in [2.45, 2.75) is 44.3 Å². The molecule has 0 N–H and O–H groups in total. The summed E-state index contributed by atoms with van der Waals surface area (Å²) in [6.45, 7) is 0.813. The number of anilines is 1. The standard InChI is InChI=1S/C11H14F3N3S/c12-11(13,14)9-15-10(18-16-9)17-6-2-4-7-3-1-5-8(7)17/h7-8H,1-6H2/t7-,8+/m1/s1. The van der Waals surface area contributed by atoms with Crippen molar-refractivity contribution in [3.8, 4) is 0 Å². The molecule has 0 bridgehead atoms. The number of hydrogen-bond acceptors (Lipinski definition) is 4. The molecule has 1 saturated heterocycles. The van der Waals surface area contributed by atoms with Crippen molar-refractivity contribution in [1.29, 1.82) is 0 Å². The zero-order valence-corrected chi connectivity index (χ0v) is 10.6. The number of fused-ring (bicyclic) bond motifs is 1. The number of halogens is 3. The van der Waals surface area contributed by atoms with Crippen molar-refractivity contribution in [3.05, 3.63) is 5.82 Å².